The van der Waals surface area contributed by atoms with Gasteiger partial charge in [0.05, 0.1) is 11.9 Å². The Labute approximate surface area is 259 Å². The molecule has 0 heterocycles. The summed E-state index contributed by atoms with van der Waals surface area (Å²) in [7, 11) is -3.87. The minimum atomic E-state index is -3.87. The van der Waals surface area contributed by atoms with Crippen LogP contribution >= 0.6 is 23.2 Å². The molecule has 0 saturated heterocycles. The molecule has 0 spiro atoms. The summed E-state index contributed by atoms with van der Waals surface area (Å²) < 4.78 is 27.1. The smallest absolute Gasteiger partial charge is 0.244 e. The van der Waals surface area contributed by atoms with Gasteiger partial charge in [-0.3, -0.25) is 13.9 Å². The predicted octanol–water partition coefficient (Wildman–Crippen LogP) is 6.22. The van der Waals surface area contributed by atoms with Crippen molar-refractivity contribution in [3.05, 3.63) is 99.5 Å². The standard InChI is InChI=1S/C32H39Cl2N3O4S/c1-22(2)35-31(39)29(19-23-11-8-7-9-12-23)36(20-26-27(33)13-10-14-28(26)34)30(38)21-37(42(6,40)41)25-17-15-24(16-18-25)32(3,4)5/h7-18,22,29H,19-21H2,1-6H3,(H,35,39)/t29-/m0/s1. The van der Waals surface area contributed by atoms with Gasteiger partial charge < -0.3 is 10.2 Å². The molecule has 0 bridgehead atoms. The molecule has 3 rings (SSSR count). The van der Waals surface area contributed by atoms with E-state index >= 15 is 0 Å². The van der Waals surface area contributed by atoms with Gasteiger partial charge in [-0.15, -0.1) is 0 Å². The van der Waals surface area contributed by atoms with Gasteiger partial charge in [0, 0.05) is 34.6 Å². The molecule has 0 unspecified atom stereocenters. The fourth-order valence-electron chi connectivity index (χ4n) is 4.53. The van der Waals surface area contributed by atoms with Crippen LogP contribution in [0.2, 0.25) is 10.0 Å². The largest absolute Gasteiger partial charge is 0.352 e. The second kappa shape index (κ2) is 13.9. The Hall–Kier alpha value is -3.07. The molecule has 1 atom stereocenters. The summed E-state index contributed by atoms with van der Waals surface area (Å²) in [6, 6.07) is 20.3. The average molecular weight is 633 g/mol. The van der Waals surface area contributed by atoms with Crippen LogP contribution in [0.15, 0.2) is 72.8 Å². The molecular weight excluding hydrogens is 593 g/mol. The van der Waals surface area contributed by atoms with Crippen molar-refractivity contribution in [2.24, 2.45) is 0 Å². The molecule has 0 radical (unpaired) electrons. The Balaban J connectivity index is 2.09. The van der Waals surface area contributed by atoms with Crippen molar-refractivity contribution in [3.63, 3.8) is 0 Å². The fraction of sp³-hybridized carbons (Fsp3) is 0.375. The maximum absolute atomic E-state index is 14.2. The van der Waals surface area contributed by atoms with Crippen molar-refractivity contribution < 1.29 is 18.0 Å². The topological polar surface area (TPSA) is 86.8 Å². The van der Waals surface area contributed by atoms with E-state index in [4.69, 9.17) is 23.2 Å². The molecule has 1 N–H and O–H groups in total. The van der Waals surface area contributed by atoms with Gasteiger partial charge >= 0.3 is 0 Å². The highest BCUT2D eigenvalue weighted by Crippen LogP contribution is 2.29. The van der Waals surface area contributed by atoms with Crippen molar-refractivity contribution in [2.75, 3.05) is 17.1 Å². The quantitative estimate of drug-likeness (QED) is 0.272. The molecule has 7 nitrogen and oxygen atoms in total. The van der Waals surface area contributed by atoms with Crippen LogP contribution in [-0.4, -0.2) is 50.0 Å². The van der Waals surface area contributed by atoms with Crippen LogP contribution in [0.3, 0.4) is 0 Å². The first-order valence-corrected chi connectivity index (χ1v) is 16.3. The second-order valence-corrected chi connectivity index (χ2v) is 14.4. The maximum atomic E-state index is 14.2. The summed E-state index contributed by atoms with van der Waals surface area (Å²) in [4.78, 5) is 29.2. The van der Waals surface area contributed by atoms with Gasteiger partial charge in [-0.1, -0.05) is 92.5 Å². The van der Waals surface area contributed by atoms with Gasteiger partial charge in [-0.2, -0.15) is 0 Å². The van der Waals surface area contributed by atoms with Gasteiger partial charge in [-0.05, 0) is 54.7 Å². The van der Waals surface area contributed by atoms with Crippen molar-refractivity contribution >= 4 is 50.7 Å². The summed E-state index contributed by atoms with van der Waals surface area (Å²) >= 11 is 13.0. The lowest BCUT2D eigenvalue weighted by Gasteiger charge is -2.34. The number of nitrogens with zero attached hydrogens (tertiary/aromatic N) is 2. The Morgan fingerprint density at radius 2 is 1.45 bits per heavy atom. The zero-order valence-electron chi connectivity index (χ0n) is 24.9. The van der Waals surface area contributed by atoms with Crippen LogP contribution < -0.4 is 9.62 Å². The number of hydrogen-bond acceptors (Lipinski definition) is 4. The van der Waals surface area contributed by atoms with Crippen molar-refractivity contribution in [2.45, 2.75) is 65.1 Å². The van der Waals surface area contributed by atoms with Gasteiger partial charge in [0.1, 0.15) is 12.6 Å². The molecular formula is C32H39Cl2N3O4S. The fourth-order valence-corrected chi connectivity index (χ4v) is 5.90. The van der Waals surface area contributed by atoms with Gasteiger partial charge in [0.15, 0.2) is 0 Å². The monoisotopic (exact) mass is 631 g/mol. The molecule has 10 heteroatoms. The lowest BCUT2D eigenvalue weighted by molar-refractivity contribution is -0.140. The second-order valence-electron chi connectivity index (χ2n) is 11.7. The highest BCUT2D eigenvalue weighted by molar-refractivity contribution is 7.92. The van der Waals surface area contributed by atoms with Crippen LogP contribution in [0.25, 0.3) is 0 Å². The van der Waals surface area contributed by atoms with Crippen LogP contribution in [-0.2, 0) is 38.0 Å². The Kier molecular flexibility index (Phi) is 11.1. The molecule has 0 aromatic heterocycles. The zero-order valence-corrected chi connectivity index (χ0v) is 27.2. The number of benzene rings is 3. The predicted molar refractivity (Wildman–Crippen MR) is 172 cm³/mol. The third kappa shape index (κ3) is 8.96. The number of sulfonamides is 1. The molecule has 0 fully saturated rings. The number of nitrogens with one attached hydrogen (secondary N) is 1. The lowest BCUT2D eigenvalue weighted by Crippen LogP contribution is -2.54. The number of hydrogen-bond donors (Lipinski definition) is 1. The van der Waals surface area contributed by atoms with E-state index in [0.29, 0.717) is 21.3 Å². The van der Waals surface area contributed by atoms with Gasteiger partial charge in [-0.25, -0.2) is 8.42 Å². The first-order chi connectivity index (χ1) is 19.6. The van der Waals surface area contributed by atoms with Crippen molar-refractivity contribution in [1.29, 1.82) is 0 Å². The van der Waals surface area contributed by atoms with E-state index in [1.165, 1.54) is 4.90 Å². The van der Waals surface area contributed by atoms with Crippen LogP contribution in [0.4, 0.5) is 5.69 Å². The van der Waals surface area contributed by atoms with E-state index < -0.39 is 28.5 Å². The maximum Gasteiger partial charge on any atom is 0.244 e. The molecule has 226 valence electrons. The van der Waals surface area contributed by atoms with E-state index in [1.54, 1.807) is 30.3 Å². The van der Waals surface area contributed by atoms with Crippen LogP contribution in [0.1, 0.15) is 51.3 Å². The summed E-state index contributed by atoms with van der Waals surface area (Å²) in [5.74, 6) is -0.943. The molecule has 3 aromatic rings. The highest BCUT2D eigenvalue weighted by atomic mass is 35.5. The SMILES string of the molecule is CC(C)NC(=O)[C@H](Cc1ccccc1)N(Cc1c(Cl)cccc1Cl)C(=O)CN(c1ccc(C(C)(C)C)cc1)S(C)(=O)=O. The van der Waals surface area contributed by atoms with E-state index in [0.717, 1.165) is 21.7 Å². The number of anilines is 1. The minimum absolute atomic E-state index is 0.0963. The normalized spacial score (nSPS) is 12.6. The minimum Gasteiger partial charge on any atom is -0.352 e. The van der Waals surface area contributed by atoms with Crippen LogP contribution in [0.5, 0.6) is 0 Å². The van der Waals surface area contributed by atoms with E-state index in [-0.39, 0.29) is 30.3 Å². The van der Waals surface area contributed by atoms with Crippen molar-refractivity contribution in [3.8, 4) is 0 Å². The third-order valence-corrected chi connectivity index (χ3v) is 8.64. The number of carbonyl (C=O) groups is 2. The lowest BCUT2D eigenvalue weighted by atomic mass is 9.87. The van der Waals surface area contributed by atoms with Gasteiger partial charge in [0.2, 0.25) is 21.8 Å². The van der Waals surface area contributed by atoms with Gasteiger partial charge in [0.25, 0.3) is 0 Å². The average Bonchev–Trinajstić information content (AvgIpc) is 2.89. The number of amides is 2. The van der Waals surface area contributed by atoms with E-state index in [1.807, 2.05) is 56.3 Å². The first kappa shape index (κ1) is 33.4. The van der Waals surface area contributed by atoms with Crippen molar-refractivity contribution in [1.82, 2.24) is 10.2 Å². The summed E-state index contributed by atoms with van der Waals surface area (Å²) in [6.45, 7) is 9.24. The Morgan fingerprint density at radius 1 is 0.881 bits per heavy atom. The summed E-state index contributed by atoms with van der Waals surface area (Å²) in [5.41, 5.74) is 2.53. The molecule has 2 amide bonds. The molecule has 0 aliphatic carbocycles. The zero-order chi connectivity index (χ0) is 31.2. The Morgan fingerprint density at radius 3 is 1.95 bits per heavy atom. The Bertz CT molecular complexity index is 1470. The molecule has 0 saturated carbocycles. The molecule has 0 aliphatic heterocycles. The summed E-state index contributed by atoms with van der Waals surface area (Å²) in [5, 5.41) is 3.59. The number of halogens is 2. The van der Waals surface area contributed by atoms with Crippen LogP contribution in [0, 0.1) is 0 Å². The molecule has 42 heavy (non-hydrogen) atoms. The number of carbonyl (C=O) groups excluding carboxylic acids is 2. The highest BCUT2D eigenvalue weighted by Gasteiger charge is 2.34. The molecule has 3 aromatic carbocycles. The van der Waals surface area contributed by atoms with E-state index in [9.17, 15) is 18.0 Å². The van der Waals surface area contributed by atoms with E-state index in [2.05, 4.69) is 26.1 Å². The third-order valence-electron chi connectivity index (χ3n) is 6.79. The number of rotatable bonds is 11. The first-order valence-electron chi connectivity index (χ1n) is 13.7. The summed E-state index contributed by atoms with van der Waals surface area (Å²) in [6.07, 6.45) is 1.26. The molecule has 0 aliphatic rings.